The van der Waals surface area contributed by atoms with E-state index in [4.69, 9.17) is 0 Å². The number of carbonyl (C=O) groups excluding carboxylic acids is 1. The monoisotopic (exact) mass is 239 g/mol. The van der Waals surface area contributed by atoms with E-state index in [1.165, 1.54) is 12.1 Å². The van der Waals surface area contributed by atoms with Crippen LogP contribution >= 0.6 is 0 Å². The Morgan fingerprint density at radius 2 is 2.06 bits per heavy atom. The number of carbonyl (C=O) groups is 1. The SMILES string of the molecule is CC1CC(C)N(C(=O)c2cccc(F)c2F)C1. The fourth-order valence-electron chi connectivity index (χ4n) is 2.41. The van der Waals surface area contributed by atoms with E-state index in [-0.39, 0.29) is 11.6 Å². The molecule has 1 aromatic rings. The fourth-order valence-corrected chi connectivity index (χ4v) is 2.41. The minimum Gasteiger partial charge on any atom is -0.336 e. The molecule has 92 valence electrons. The second-order valence-corrected chi connectivity index (χ2v) is 4.75. The van der Waals surface area contributed by atoms with Crippen molar-refractivity contribution in [1.29, 1.82) is 0 Å². The van der Waals surface area contributed by atoms with Gasteiger partial charge in [0.1, 0.15) is 0 Å². The molecule has 4 heteroatoms. The zero-order chi connectivity index (χ0) is 12.6. The van der Waals surface area contributed by atoms with Crippen LogP contribution in [0.1, 0.15) is 30.6 Å². The first-order chi connectivity index (χ1) is 8.00. The van der Waals surface area contributed by atoms with Gasteiger partial charge in [-0.25, -0.2) is 8.78 Å². The highest BCUT2D eigenvalue weighted by atomic mass is 19.2. The first kappa shape index (κ1) is 12.0. The van der Waals surface area contributed by atoms with Crippen LogP contribution in [-0.4, -0.2) is 23.4 Å². The number of hydrogen-bond donors (Lipinski definition) is 0. The van der Waals surface area contributed by atoms with Gasteiger partial charge in [-0.15, -0.1) is 0 Å². The predicted molar refractivity (Wildman–Crippen MR) is 60.6 cm³/mol. The summed E-state index contributed by atoms with van der Waals surface area (Å²) in [6.07, 6.45) is 0.905. The van der Waals surface area contributed by atoms with Crippen molar-refractivity contribution in [1.82, 2.24) is 4.90 Å². The van der Waals surface area contributed by atoms with Crippen LogP contribution in [0.25, 0.3) is 0 Å². The molecule has 0 N–H and O–H groups in total. The van der Waals surface area contributed by atoms with Gasteiger partial charge in [0.25, 0.3) is 5.91 Å². The molecule has 0 aromatic heterocycles. The molecule has 2 nitrogen and oxygen atoms in total. The fraction of sp³-hybridized carbons (Fsp3) is 0.462. The highest BCUT2D eigenvalue weighted by molar-refractivity contribution is 5.94. The summed E-state index contributed by atoms with van der Waals surface area (Å²) < 4.78 is 26.6. The molecule has 1 aromatic carbocycles. The van der Waals surface area contributed by atoms with E-state index in [2.05, 4.69) is 0 Å². The maximum atomic E-state index is 13.5. The van der Waals surface area contributed by atoms with E-state index in [1.807, 2.05) is 13.8 Å². The Morgan fingerprint density at radius 1 is 1.35 bits per heavy atom. The summed E-state index contributed by atoms with van der Waals surface area (Å²) in [7, 11) is 0. The van der Waals surface area contributed by atoms with E-state index >= 15 is 0 Å². The molecule has 0 aliphatic carbocycles. The number of nitrogens with zero attached hydrogens (tertiary/aromatic N) is 1. The largest absolute Gasteiger partial charge is 0.336 e. The van der Waals surface area contributed by atoms with Crippen LogP contribution in [0.15, 0.2) is 18.2 Å². The van der Waals surface area contributed by atoms with Crippen LogP contribution < -0.4 is 0 Å². The Kier molecular flexibility index (Phi) is 3.13. The standard InChI is InChI=1S/C13H15F2NO/c1-8-6-9(2)16(7-8)13(17)10-4-3-5-11(14)12(10)15/h3-5,8-9H,6-7H2,1-2H3. The Balaban J connectivity index is 2.29. The van der Waals surface area contributed by atoms with E-state index in [9.17, 15) is 13.6 Å². The van der Waals surface area contributed by atoms with Gasteiger partial charge in [-0.3, -0.25) is 4.79 Å². The Bertz CT molecular complexity index is 447. The highest BCUT2D eigenvalue weighted by Gasteiger charge is 2.32. The van der Waals surface area contributed by atoms with Crippen molar-refractivity contribution in [3.05, 3.63) is 35.4 Å². The summed E-state index contributed by atoms with van der Waals surface area (Å²) in [5, 5.41) is 0. The number of hydrogen-bond acceptors (Lipinski definition) is 1. The van der Waals surface area contributed by atoms with Gasteiger partial charge in [0.2, 0.25) is 0 Å². The molecule has 1 aliphatic heterocycles. The normalized spacial score (nSPS) is 24.1. The van der Waals surface area contributed by atoms with Crippen molar-refractivity contribution in [3.8, 4) is 0 Å². The third-order valence-corrected chi connectivity index (χ3v) is 3.23. The molecule has 0 spiro atoms. The Labute approximate surface area is 99.2 Å². The number of rotatable bonds is 1. The van der Waals surface area contributed by atoms with Gasteiger partial charge in [-0.2, -0.15) is 0 Å². The van der Waals surface area contributed by atoms with Crippen LogP contribution in [0.4, 0.5) is 8.78 Å². The molecule has 1 amide bonds. The van der Waals surface area contributed by atoms with Gasteiger partial charge < -0.3 is 4.90 Å². The molecule has 1 saturated heterocycles. The van der Waals surface area contributed by atoms with Gasteiger partial charge in [-0.1, -0.05) is 13.0 Å². The summed E-state index contributed by atoms with van der Waals surface area (Å²) in [4.78, 5) is 13.7. The van der Waals surface area contributed by atoms with Crippen molar-refractivity contribution < 1.29 is 13.6 Å². The summed E-state index contributed by atoms with van der Waals surface area (Å²) in [6, 6.07) is 3.79. The predicted octanol–water partition coefficient (Wildman–Crippen LogP) is 2.84. The summed E-state index contributed by atoms with van der Waals surface area (Å²) in [6.45, 7) is 4.58. The van der Waals surface area contributed by atoms with Crippen molar-refractivity contribution in [2.75, 3.05) is 6.54 Å². The molecular formula is C13H15F2NO. The average molecular weight is 239 g/mol. The van der Waals surface area contributed by atoms with E-state index in [0.29, 0.717) is 12.5 Å². The zero-order valence-corrected chi connectivity index (χ0v) is 9.91. The molecule has 17 heavy (non-hydrogen) atoms. The lowest BCUT2D eigenvalue weighted by Gasteiger charge is -2.21. The van der Waals surface area contributed by atoms with Crippen LogP contribution in [0.2, 0.25) is 0 Å². The third-order valence-electron chi connectivity index (χ3n) is 3.23. The van der Waals surface area contributed by atoms with Crippen molar-refractivity contribution in [3.63, 3.8) is 0 Å². The first-order valence-corrected chi connectivity index (χ1v) is 5.75. The number of halogens is 2. The van der Waals surface area contributed by atoms with Crippen LogP contribution in [0.5, 0.6) is 0 Å². The van der Waals surface area contributed by atoms with Gasteiger partial charge in [0, 0.05) is 12.6 Å². The number of likely N-dealkylation sites (tertiary alicyclic amines) is 1. The van der Waals surface area contributed by atoms with Gasteiger partial charge in [0.05, 0.1) is 5.56 Å². The topological polar surface area (TPSA) is 20.3 Å². The lowest BCUT2D eigenvalue weighted by molar-refractivity contribution is 0.0738. The molecule has 1 heterocycles. The molecule has 1 aliphatic rings. The third kappa shape index (κ3) is 2.16. The minimum atomic E-state index is -1.05. The lowest BCUT2D eigenvalue weighted by Crippen LogP contribution is -2.34. The second-order valence-electron chi connectivity index (χ2n) is 4.75. The highest BCUT2D eigenvalue weighted by Crippen LogP contribution is 2.25. The molecular weight excluding hydrogens is 224 g/mol. The molecule has 2 atom stereocenters. The zero-order valence-electron chi connectivity index (χ0n) is 9.91. The smallest absolute Gasteiger partial charge is 0.257 e. The van der Waals surface area contributed by atoms with Crippen molar-refractivity contribution in [2.24, 2.45) is 5.92 Å². The molecule has 0 bridgehead atoms. The van der Waals surface area contributed by atoms with Crippen molar-refractivity contribution >= 4 is 5.91 Å². The summed E-state index contributed by atoms with van der Waals surface area (Å²) in [5.41, 5.74) is -0.175. The van der Waals surface area contributed by atoms with E-state index in [1.54, 1.807) is 4.90 Å². The Hall–Kier alpha value is -1.45. The van der Waals surface area contributed by atoms with Crippen molar-refractivity contribution in [2.45, 2.75) is 26.3 Å². The van der Waals surface area contributed by atoms with Crippen LogP contribution in [0.3, 0.4) is 0 Å². The number of amides is 1. The maximum absolute atomic E-state index is 13.5. The molecule has 0 saturated carbocycles. The van der Waals surface area contributed by atoms with E-state index < -0.39 is 17.5 Å². The second kappa shape index (κ2) is 4.43. The minimum absolute atomic E-state index is 0.0835. The Morgan fingerprint density at radius 3 is 2.65 bits per heavy atom. The van der Waals surface area contributed by atoms with Crippen LogP contribution in [-0.2, 0) is 0 Å². The van der Waals surface area contributed by atoms with Gasteiger partial charge in [0.15, 0.2) is 11.6 Å². The van der Waals surface area contributed by atoms with E-state index in [0.717, 1.165) is 12.5 Å². The molecule has 1 fully saturated rings. The van der Waals surface area contributed by atoms with Gasteiger partial charge in [-0.05, 0) is 31.4 Å². The average Bonchev–Trinajstić information content (AvgIpc) is 2.61. The summed E-state index contributed by atoms with van der Waals surface area (Å²) >= 11 is 0. The molecule has 0 radical (unpaired) electrons. The lowest BCUT2D eigenvalue weighted by atomic mass is 10.1. The molecule has 2 unspecified atom stereocenters. The molecule has 2 rings (SSSR count). The van der Waals surface area contributed by atoms with Gasteiger partial charge >= 0.3 is 0 Å². The quantitative estimate of drug-likeness (QED) is 0.738. The first-order valence-electron chi connectivity index (χ1n) is 5.75. The maximum Gasteiger partial charge on any atom is 0.257 e. The number of benzene rings is 1. The van der Waals surface area contributed by atoms with Crippen LogP contribution in [0, 0.1) is 17.6 Å². The summed E-state index contributed by atoms with van der Waals surface area (Å²) in [5.74, 6) is -2.04.